The molecule has 1 aromatic carbocycles. The molecule has 0 amide bonds. The Hall–Kier alpha value is -1.94. The number of aromatic amines is 1. The summed E-state index contributed by atoms with van der Waals surface area (Å²) in [5.74, 6) is 0.891. The Morgan fingerprint density at radius 1 is 1.11 bits per heavy atom. The Bertz CT molecular complexity index is 667. The van der Waals surface area contributed by atoms with Crippen molar-refractivity contribution in [1.29, 1.82) is 0 Å². The molecular formula is C15H14N2OS. The maximum Gasteiger partial charge on any atom is 0.134 e. The van der Waals surface area contributed by atoms with Crippen molar-refractivity contribution in [2.24, 2.45) is 0 Å². The van der Waals surface area contributed by atoms with Crippen LogP contribution in [0.2, 0.25) is 0 Å². The highest BCUT2D eigenvalue weighted by Crippen LogP contribution is 2.38. The van der Waals surface area contributed by atoms with Gasteiger partial charge in [0.2, 0.25) is 0 Å². The number of H-pyrrole nitrogens is 1. The summed E-state index contributed by atoms with van der Waals surface area (Å²) < 4.78 is 5.50. The molecule has 0 saturated carbocycles. The van der Waals surface area contributed by atoms with Gasteiger partial charge < -0.3 is 4.42 Å². The van der Waals surface area contributed by atoms with Gasteiger partial charge >= 0.3 is 0 Å². The Morgan fingerprint density at radius 2 is 1.95 bits per heavy atom. The maximum absolute atomic E-state index is 5.50. The number of furan rings is 1. The predicted octanol–water partition coefficient (Wildman–Crippen LogP) is 4.44. The summed E-state index contributed by atoms with van der Waals surface area (Å²) in [7, 11) is 0. The van der Waals surface area contributed by atoms with E-state index in [2.05, 4.69) is 22.3 Å². The molecule has 2 aromatic heterocycles. The van der Waals surface area contributed by atoms with E-state index in [1.165, 1.54) is 9.79 Å². The molecular weight excluding hydrogens is 256 g/mol. The molecule has 1 N–H and O–H groups in total. The highest BCUT2D eigenvalue weighted by Gasteiger charge is 2.12. The third kappa shape index (κ3) is 2.31. The van der Waals surface area contributed by atoms with E-state index >= 15 is 0 Å². The fourth-order valence-electron chi connectivity index (χ4n) is 1.99. The van der Waals surface area contributed by atoms with Crippen LogP contribution in [0.5, 0.6) is 0 Å². The van der Waals surface area contributed by atoms with Crippen molar-refractivity contribution in [1.82, 2.24) is 10.2 Å². The van der Waals surface area contributed by atoms with E-state index in [-0.39, 0.29) is 0 Å². The first-order valence-corrected chi connectivity index (χ1v) is 6.89. The monoisotopic (exact) mass is 270 g/mol. The van der Waals surface area contributed by atoms with Gasteiger partial charge in [0, 0.05) is 16.2 Å². The van der Waals surface area contributed by atoms with Crippen LogP contribution in [0.4, 0.5) is 0 Å². The van der Waals surface area contributed by atoms with Gasteiger partial charge in [0.1, 0.15) is 5.76 Å². The molecule has 0 atom stereocenters. The second kappa shape index (κ2) is 4.97. The number of nitrogens with one attached hydrogen (secondary N) is 1. The summed E-state index contributed by atoms with van der Waals surface area (Å²) in [6.45, 7) is 4.05. The van der Waals surface area contributed by atoms with Gasteiger partial charge in [-0.3, -0.25) is 5.10 Å². The lowest BCUT2D eigenvalue weighted by Gasteiger charge is -2.07. The van der Waals surface area contributed by atoms with Crippen LogP contribution in [-0.2, 0) is 0 Å². The number of aryl methyl sites for hydroxylation is 2. The molecule has 0 radical (unpaired) electrons. The van der Waals surface area contributed by atoms with Crippen molar-refractivity contribution in [3.63, 3.8) is 0 Å². The van der Waals surface area contributed by atoms with Gasteiger partial charge in [-0.2, -0.15) is 5.10 Å². The molecule has 3 nitrogen and oxygen atoms in total. The van der Waals surface area contributed by atoms with Gasteiger partial charge in [-0.15, -0.1) is 0 Å². The topological polar surface area (TPSA) is 41.8 Å². The molecule has 0 aliphatic heterocycles. The molecule has 0 spiro atoms. The number of hydrogen-bond donors (Lipinski definition) is 1. The smallest absolute Gasteiger partial charge is 0.134 e. The lowest BCUT2D eigenvalue weighted by molar-refractivity contribution is 0.581. The van der Waals surface area contributed by atoms with E-state index in [0.717, 1.165) is 22.7 Å². The molecule has 0 fully saturated rings. The summed E-state index contributed by atoms with van der Waals surface area (Å²) >= 11 is 1.72. The second-order valence-electron chi connectivity index (χ2n) is 4.34. The summed E-state index contributed by atoms with van der Waals surface area (Å²) in [4.78, 5) is 2.35. The first-order chi connectivity index (χ1) is 9.25. The van der Waals surface area contributed by atoms with Crippen LogP contribution in [0.3, 0.4) is 0 Å². The van der Waals surface area contributed by atoms with E-state index in [0.29, 0.717) is 0 Å². The molecule has 96 valence electrons. The zero-order valence-electron chi connectivity index (χ0n) is 10.8. The lowest BCUT2D eigenvalue weighted by Crippen LogP contribution is -1.82. The number of nitrogens with zero attached hydrogens (tertiary/aromatic N) is 1. The normalized spacial score (nSPS) is 10.8. The van der Waals surface area contributed by atoms with E-state index in [9.17, 15) is 0 Å². The highest BCUT2D eigenvalue weighted by atomic mass is 32.2. The van der Waals surface area contributed by atoms with Gasteiger partial charge in [0.25, 0.3) is 0 Å². The fraction of sp³-hybridized carbons (Fsp3) is 0.133. The van der Waals surface area contributed by atoms with Crippen molar-refractivity contribution in [2.75, 3.05) is 0 Å². The van der Waals surface area contributed by atoms with E-state index in [4.69, 9.17) is 4.42 Å². The van der Waals surface area contributed by atoms with Crippen LogP contribution in [0.15, 0.2) is 56.9 Å². The van der Waals surface area contributed by atoms with Crippen LogP contribution in [0, 0.1) is 13.8 Å². The third-order valence-corrected chi connectivity index (χ3v) is 4.33. The van der Waals surface area contributed by atoms with Gasteiger partial charge in [0.15, 0.2) is 0 Å². The molecule has 19 heavy (non-hydrogen) atoms. The highest BCUT2D eigenvalue weighted by molar-refractivity contribution is 7.99. The summed E-state index contributed by atoms with van der Waals surface area (Å²) in [6.07, 6.45) is 1.70. The Kier molecular flexibility index (Phi) is 3.17. The van der Waals surface area contributed by atoms with Crippen LogP contribution in [0.1, 0.15) is 11.4 Å². The van der Waals surface area contributed by atoms with Crippen molar-refractivity contribution < 1.29 is 4.42 Å². The predicted molar refractivity (Wildman–Crippen MR) is 76.3 cm³/mol. The third-order valence-electron chi connectivity index (χ3n) is 2.95. The summed E-state index contributed by atoms with van der Waals surface area (Å²) in [5.41, 5.74) is 3.23. The molecule has 4 heteroatoms. The minimum absolute atomic E-state index is 0.891. The molecule has 0 saturated heterocycles. The Labute approximate surface area is 116 Å². The number of benzene rings is 1. The lowest BCUT2D eigenvalue weighted by atomic mass is 10.2. The van der Waals surface area contributed by atoms with Gasteiger partial charge in [-0.25, -0.2) is 0 Å². The molecule has 0 aliphatic rings. The second-order valence-corrected chi connectivity index (χ2v) is 5.39. The standard InChI is InChI=1S/C15H14N2OS/c1-10-15(11(2)17-16-10)19-14-8-4-3-6-12(14)13-7-5-9-18-13/h3-9H,1-2H3,(H,16,17). The molecule has 0 aliphatic carbocycles. The summed E-state index contributed by atoms with van der Waals surface area (Å²) in [6, 6.07) is 12.1. The van der Waals surface area contributed by atoms with E-state index in [1.54, 1.807) is 18.0 Å². The van der Waals surface area contributed by atoms with Crippen LogP contribution in [-0.4, -0.2) is 10.2 Å². The van der Waals surface area contributed by atoms with Crippen LogP contribution >= 0.6 is 11.8 Å². The van der Waals surface area contributed by atoms with Crippen molar-refractivity contribution >= 4 is 11.8 Å². The van der Waals surface area contributed by atoms with Gasteiger partial charge in [-0.05, 0) is 32.0 Å². The number of rotatable bonds is 3. The van der Waals surface area contributed by atoms with Crippen LogP contribution < -0.4 is 0 Å². The number of aromatic nitrogens is 2. The first kappa shape index (κ1) is 12.1. The van der Waals surface area contributed by atoms with E-state index in [1.807, 2.05) is 38.1 Å². The van der Waals surface area contributed by atoms with Gasteiger partial charge in [0.05, 0.1) is 16.9 Å². The van der Waals surface area contributed by atoms with Gasteiger partial charge in [-0.1, -0.05) is 30.0 Å². The number of hydrogen-bond acceptors (Lipinski definition) is 3. The SMILES string of the molecule is Cc1n[nH]c(C)c1Sc1ccccc1-c1ccco1. The van der Waals surface area contributed by atoms with Crippen molar-refractivity contribution in [2.45, 2.75) is 23.6 Å². The molecule has 3 rings (SSSR count). The van der Waals surface area contributed by atoms with Crippen molar-refractivity contribution in [3.05, 3.63) is 54.0 Å². The molecule has 0 unspecified atom stereocenters. The van der Waals surface area contributed by atoms with E-state index < -0.39 is 0 Å². The van der Waals surface area contributed by atoms with Crippen molar-refractivity contribution in [3.8, 4) is 11.3 Å². The average Bonchev–Trinajstić information content (AvgIpc) is 3.05. The fourth-order valence-corrected chi connectivity index (χ4v) is 3.03. The Morgan fingerprint density at radius 3 is 2.63 bits per heavy atom. The quantitative estimate of drug-likeness (QED) is 0.765. The maximum atomic E-state index is 5.50. The minimum atomic E-state index is 0.891. The molecule has 0 bridgehead atoms. The average molecular weight is 270 g/mol. The zero-order valence-corrected chi connectivity index (χ0v) is 11.6. The summed E-state index contributed by atoms with van der Waals surface area (Å²) in [5, 5.41) is 7.25. The van der Waals surface area contributed by atoms with Crippen LogP contribution in [0.25, 0.3) is 11.3 Å². The first-order valence-electron chi connectivity index (χ1n) is 6.08. The largest absolute Gasteiger partial charge is 0.464 e. The zero-order chi connectivity index (χ0) is 13.2. The molecule has 2 heterocycles. The molecule has 3 aromatic rings. The Balaban J connectivity index is 2.02. The minimum Gasteiger partial charge on any atom is -0.464 e.